The molecule has 315 valence electrons. The third-order valence-corrected chi connectivity index (χ3v) is 14.0. The van der Waals surface area contributed by atoms with Crippen molar-refractivity contribution in [2.75, 3.05) is 0 Å². The number of halogens is 1. The van der Waals surface area contributed by atoms with Crippen molar-refractivity contribution in [3.8, 4) is 28.3 Å². The van der Waals surface area contributed by atoms with E-state index in [-0.39, 0.29) is 25.9 Å². The molecule has 0 aliphatic rings. The average molecular weight is 1030 g/mol. The van der Waals surface area contributed by atoms with Crippen molar-refractivity contribution in [1.29, 1.82) is 0 Å². The summed E-state index contributed by atoms with van der Waals surface area (Å²) in [7, 11) is -1.34. The van der Waals surface area contributed by atoms with Crippen LogP contribution in [0.5, 0.6) is 0 Å². The van der Waals surface area contributed by atoms with Crippen molar-refractivity contribution in [3.63, 3.8) is 0 Å². The van der Waals surface area contributed by atoms with Crippen molar-refractivity contribution < 1.29 is 33.3 Å². The predicted octanol–water partition coefficient (Wildman–Crippen LogP) is 14.3. The van der Waals surface area contributed by atoms with Gasteiger partial charge in [-0.05, 0) is 64.1 Å². The third-order valence-electron chi connectivity index (χ3n) is 12.0. The van der Waals surface area contributed by atoms with Crippen LogP contribution in [0.3, 0.4) is 0 Å². The second kappa shape index (κ2) is 16.1. The molecule has 0 saturated heterocycles. The number of pyridine rings is 2. The van der Waals surface area contributed by atoms with Gasteiger partial charge < -0.3 is 18.4 Å². The number of hydrogen-bond donors (Lipinski definition) is 0. The number of para-hydroxylation sites is 2. The quantitative estimate of drug-likeness (QED) is 0.0976. The maximum Gasteiger partial charge on any atom is 0.216 e. The first-order valence-electron chi connectivity index (χ1n) is 21.2. The molecular formula is C55H41FIrN4O2Si-2. The van der Waals surface area contributed by atoms with Crippen molar-refractivity contribution in [1.82, 2.24) is 19.5 Å². The first-order chi connectivity index (χ1) is 30.6. The molecule has 0 aliphatic heterocycles. The van der Waals surface area contributed by atoms with Gasteiger partial charge in [-0.2, -0.15) is 0 Å². The Morgan fingerprint density at radius 3 is 2.20 bits per heavy atom. The number of aromatic nitrogens is 4. The van der Waals surface area contributed by atoms with Crippen LogP contribution in [0.4, 0.5) is 4.39 Å². The van der Waals surface area contributed by atoms with Crippen molar-refractivity contribution in [2.45, 2.75) is 39.4 Å². The molecule has 0 unspecified atom stereocenters. The van der Waals surface area contributed by atoms with Gasteiger partial charge in [-0.1, -0.05) is 123 Å². The first-order valence-corrected chi connectivity index (χ1v) is 24.7. The normalized spacial score (nSPS) is 11.9. The van der Waals surface area contributed by atoms with Crippen molar-refractivity contribution in [3.05, 3.63) is 175 Å². The molecule has 0 fully saturated rings. The van der Waals surface area contributed by atoms with Gasteiger partial charge in [0, 0.05) is 70.8 Å². The monoisotopic (exact) mass is 1030 g/mol. The van der Waals surface area contributed by atoms with Crippen LogP contribution in [-0.4, -0.2) is 27.6 Å². The van der Waals surface area contributed by atoms with Gasteiger partial charge in [-0.3, -0.25) is 9.37 Å². The van der Waals surface area contributed by atoms with E-state index in [1.54, 1.807) is 12.1 Å². The fourth-order valence-corrected chi connectivity index (χ4v) is 9.60. The van der Waals surface area contributed by atoms with E-state index in [0.717, 1.165) is 82.5 Å². The van der Waals surface area contributed by atoms with Crippen LogP contribution in [0.25, 0.3) is 105 Å². The number of imidazole rings is 1. The Kier molecular flexibility index (Phi) is 10.4. The summed E-state index contributed by atoms with van der Waals surface area (Å²) in [6, 6.07) is 55.0. The number of fused-ring (bicyclic) bond motifs is 10. The van der Waals surface area contributed by atoms with E-state index in [0.29, 0.717) is 28.5 Å². The number of furan rings is 2. The maximum absolute atomic E-state index is 13.5. The van der Waals surface area contributed by atoms with E-state index in [4.69, 9.17) is 18.8 Å². The van der Waals surface area contributed by atoms with Crippen LogP contribution in [0, 0.1) is 17.9 Å². The molecule has 5 aromatic heterocycles. The average Bonchev–Trinajstić information content (AvgIpc) is 3.99. The van der Waals surface area contributed by atoms with E-state index in [9.17, 15) is 4.39 Å². The van der Waals surface area contributed by atoms with Crippen LogP contribution < -0.4 is 5.19 Å². The smallest absolute Gasteiger partial charge is 0.216 e. The summed E-state index contributed by atoms with van der Waals surface area (Å²) in [6.45, 7) is 11.2. The molecule has 64 heavy (non-hydrogen) atoms. The molecule has 0 amide bonds. The third kappa shape index (κ3) is 7.10. The summed E-state index contributed by atoms with van der Waals surface area (Å²) in [6.07, 6.45) is 1.86. The van der Waals surface area contributed by atoms with E-state index in [2.05, 4.69) is 152 Å². The summed E-state index contributed by atoms with van der Waals surface area (Å²) in [5.41, 5.74) is 9.96. The molecule has 0 saturated carbocycles. The molecule has 1 radical (unpaired) electrons. The van der Waals surface area contributed by atoms with Gasteiger partial charge >= 0.3 is 0 Å². The zero-order chi connectivity index (χ0) is 43.0. The maximum atomic E-state index is 13.5. The van der Waals surface area contributed by atoms with Gasteiger partial charge in [0.05, 0.1) is 36.0 Å². The first kappa shape index (κ1) is 41.2. The minimum atomic E-state index is -1.34. The van der Waals surface area contributed by atoms with Crippen LogP contribution in [0.15, 0.2) is 161 Å². The second-order valence-corrected chi connectivity index (χ2v) is 22.5. The van der Waals surface area contributed by atoms with Crippen molar-refractivity contribution >= 4 is 90.0 Å². The topological polar surface area (TPSA) is 69.9 Å². The molecule has 12 aromatic rings. The fourth-order valence-electron chi connectivity index (χ4n) is 8.56. The minimum Gasteiger partial charge on any atom is -0.486 e. The Hall–Kier alpha value is -6.77. The number of rotatable bonds is 5. The molecule has 0 N–H and O–H groups in total. The molecule has 5 heterocycles. The molecule has 12 rings (SSSR count). The molecule has 0 aliphatic carbocycles. The van der Waals surface area contributed by atoms with E-state index < -0.39 is 8.07 Å². The molecular weight excluding hydrogens is 988 g/mol. The molecule has 7 aromatic carbocycles. The summed E-state index contributed by atoms with van der Waals surface area (Å²) in [5, 5.41) is 8.79. The van der Waals surface area contributed by atoms with Crippen LogP contribution >= 0.6 is 0 Å². The van der Waals surface area contributed by atoms with Gasteiger partial charge in [-0.25, -0.2) is 4.98 Å². The Bertz CT molecular complexity index is 3730. The van der Waals surface area contributed by atoms with Gasteiger partial charge in [0.1, 0.15) is 11.2 Å². The van der Waals surface area contributed by atoms with Gasteiger partial charge in [-0.15, -0.1) is 42.5 Å². The number of nitrogens with zero attached hydrogens (tertiary/aromatic N) is 4. The van der Waals surface area contributed by atoms with Gasteiger partial charge in [0.25, 0.3) is 0 Å². The predicted molar refractivity (Wildman–Crippen MR) is 258 cm³/mol. The Labute approximate surface area is 383 Å². The molecule has 0 atom stereocenters. The summed E-state index contributed by atoms with van der Waals surface area (Å²) in [5.74, 6) is 0.900. The molecule has 9 heteroatoms. The molecule has 0 bridgehead atoms. The van der Waals surface area contributed by atoms with Crippen LogP contribution in [0.1, 0.15) is 25.3 Å². The van der Waals surface area contributed by atoms with E-state index in [1.807, 2.05) is 36.5 Å². The number of benzene rings is 7. The largest absolute Gasteiger partial charge is 0.486 e. The molecule has 0 spiro atoms. The van der Waals surface area contributed by atoms with Gasteiger partial charge in [0.15, 0.2) is 0 Å². The van der Waals surface area contributed by atoms with Crippen LogP contribution in [-0.2, 0) is 20.1 Å². The van der Waals surface area contributed by atoms with E-state index in [1.165, 1.54) is 16.8 Å². The summed E-state index contributed by atoms with van der Waals surface area (Å²) in [4.78, 5) is 14.5. The van der Waals surface area contributed by atoms with Crippen molar-refractivity contribution in [2.24, 2.45) is 0 Å². The van der Waals surface area contributed by atoms with Crippen LogP contribution in [0.2, 0.25) is 19.6 Å². The fraction of sp³-hybridized carbons (Fsp3) is 0.109. The summed E-state index contributed by atoms with van der Waals surface area (Å²) < 4.78 is 28.8. The Morgan fingerprint density at radius 1 is 0.641 bits per heavy atom. The Morgan fingerprint density at radius 2 is 1.41 bits per heavy atom. The van der Waals surface area contributed by atoms with E-state index >= 15 is 0 Å². The minimum absolute atomic E-state index is 0. The van der Waals surface area contributed by atoms with Gasteiger partial charge in [0.2, 0.25) is 5.71 Å². The SMILES string of the molecule is CC(C)c1ccc2c(c1)oc1cc(-n3c(-c4[c-]ccc5c4oc4nc6c(ccc7ccccc76)cc45)nc4ccccc43)ccc12.C[Si](C)(C)c1ccc(-c2[c-]cccc2F)nc1.[Ir]. The summed E-state index contributed by atoms with van der Waals surface area (Å²) >= 11 is 0. The zero-order valence-electron chi connectivity index (χ0n) is 35.8. The number of hydrogen-bond acceptors (Lipinski definition) is 5. The zero-order valence-corrected chi connectivity index (χ0v) is 39.2. The standard InChI is InChI=1S/C41H26N3O2.C14H15FNSi.Ir/c1-23(2)25-16-18-29-30-19-17-27(22-37(30)45-36(29)21-25)44-35-13-6-5-12-34(35)42-40(44)32-11-7-10-31-33-20-26-15-14-24-8-3-4-9-28(24)38(26)43-41(33)46-39(31)32;1-17(2,3)11-8-9-14(16-10-11)12-6-4-5-7-13(12)15;/h3-10,12-23H,1-2H3;4-5,7-10H,1-3H3;/q2*-1;. The molecule has 6 nitrogen and oxygen atoms in total. The second-order valence-electron chi connectivity index (χ2n) is 17.4. The Balaban J connectivity index is 0.000000228.